The molecule has 0 aliphatic carbocycles. The number of Topliss-reactive ketones (excluding diaryl/α,β-unsaturated/α-hetero) is 1. The first kappa shape index (κ1) is 15.7. The highest BCUT2D eigenvalue weighted by Crippen LogP contribution is 2.11. The summed E-state index contributed by atoms with van der Waals surface area (Å²) in [4.78, 5) is 11.8. The fourth-order valence-electron chi connectivity index (χ4n) is 1.83. The smallest absolute Gasteiger partial charge is 0.188 e. The van der Waals surface area contributed by atoms with Crippen LogP contribution in [0.1, 0.15) is 49.4 Å². The molecule has 1 aromatic rings. The number of benzene rings is 1. The van der Waals surface area contributed by atoms with Crippen molar-refractivity contribution in [3.05, 3.63) is 29.8 Å². The van der Waals surface area contributed by atoms with Gasteiger partial charge in [-0.05, 0) is 30.7 Å². The zero-order valence-electron chi connectivity index (χ0n) is 12.0. The quantitative estimate of drug-likeness (QED) is 0.475. The third-order valence-corrected chi connectivity index (χ3v) is 3.04. The summed E-state index contributed by atoms with van der Waals surface area (Å²) in [5.41, 5.74) is 0.673. The van der Waals surface area contributed by atoms with Crippen molar-refractivity contribution >= 4 is 5.78 Å². The van der Waals surface area contributed by atoms with Gasteiger partial charge in [-0.25, -0.2) is 0 Å². The molecule has 0 unspecified atom stereocenters. The summed E-state index contributed by atoms with van der Waals surface area (Å²) in [6.07, 6.45) is 6.01. The van der Waals surface area contributed by atoms with Gasteiger partial charge in [0.05, 0.1) is 7.11 Å². The van der Waals surface area contributed by atoms with Crippen LogP contribution in [0.2, 0.25) is 0 Å². The SMILES string of the molecule is CCCCCCCOCC(=O)c1ccc(OC)cc1. The molecule has 106 valence electrons. The fourth-order valence-corrected chi connectivity index (χ4v) is 1.83. The summed E-state index contributed by atoms with van der Waals surface area (Å²) in [6, 6.07) is 7.12. The van der Waals surface area contributed by atoms with Crippen LogP contribution in [0.25, 0.3) is 0 Å². The Bertz CT molecular complexity index is 357. The molecule has 0 atom stereocenters. The van der Waals surface area contributed by atoms with Crippen LogP contribution in [-0.2, 0) is 4.74 Å². The van der Waals surface area contributed by atoms with E-state index in [1.165, 1.54) is 25.7 Å². The minimum atomic E-state index is 0.0243. The van der Waals surface area contributed by atoms with Gasteiger partial charge in [-0.2, -0.15) is 0 Å². The molecule has 0 bridgehead atoms. The second kappa shape index (κ2) is 9.56. The molecule has 0 aromatic heterocycles. The molecule has 0 saturated carbocycles. The number of ether oxygens (including phenoxy) is 2. The predicted molar refractivity (Wildman–Crippen MR) is 76.9 cm³/mol. The van der Waals surface area contributed by atoms with Crippen LogP contribution in [0.3, 0.4) is 0 Å². The highest BCUT2D eigenvalue weighted by molar-refractivity contribution is 5.97. The number of ketones is 1. The fraction of sp³-hybridized carbons (Fsp3) is 0.562. The number of methoxy groups -OCH3 is 1. The first-order chi connectivity index (χ1) is 9.27. The molecule has 0 N–H and O–H groups in total. The number of carbonyl (C=O) groups is 1. The van der Waals surface area contributed by atoms with E-state index in [9.17, 15) is 4.79 Å². The van der Waals surface area contributed by atoms with Crippen molar-refractivity contribution < 1.29 is 14.3 Å². The van der Waals surface area contributed by atoms with E-state index in [4.69, 9.17) is 9.47 Å². The van der Waals surface area contributed by atoms with Crippen molar-refractivity contribution in [1.82, 2.24) is 0 Å². The second-order valence-corrected chi connectivity index (χ2v) is 4.62. The minimum absolute atomic E-state index is 0.0243. The molecule has 19 heavy (non-hydrogen) atoms. The van der Waals surface area contributed by atoms with E-state index in [1.54, 1.807) is 31.4 Å². The second-order valence-electron chi connectivity index (χ2n) is 4.62. The Hall–Kier alpha value is -1.35. The lowest BCUT2D eigenvalue weighted by atomic mass is 10.1. The molecule has 0 aliphatic rings. The lowest BCUT2D eigenvalue weighted by Crippen LogP contribution is -2.09. The Labute approximate surface area is 115 Å². The van der Waals surface area contributed by atoms with E-state index < -0.39 is 0 Å². The average Bonchev–Trinajstić information content (AvgIpc) is 2.46. The third-order valence-electron chi connectivity index (χ3n) is 3.04. The zero-order valence-corrected chi connectivity index (χ0v) is 12.0. The molecule has 0 spiro atoms. The molecule has 1 aromatic carbocycles. The number of hydrogen-bond acceptors (Lipinski definition) is 3. The maximum Gasteiger partial charge on any atom is 0.188 e. The minimum Gasteiger partial charge on any atom is -0.497 e. The number of carbonyl (C=O) groups excluding carboxylic acids is 1. The molecular formula is C16H24O3. The first-order valence-electron chi connectivity index (χ1n) is 7.03. The highest BCUT2D eigenvalue weighted by Gasteiger charge is 2.05. The summed E-state index contributed by atoms with van der Waals surface area (Å²) in [6.45, 7) is 3.04. The molecule has 0 saturated heterocycles. The number of unbranched alkanes of at least 4 members (excludes halogenated alkanes) is 4. The average molecular weight is 264 g/mol. The van der Waals surface area contributed by atoms with Crippen LogP contribution in [0.5, 0.6) is 5.75 Å². The van der Waals surface area contributed by atoms with E-state index in [2.05, 4.69) is 6.92 Å². The zero-order chi connectivity index (χ0) is 13.9. The lowest BCUT2D eigenvalue weighted by molar-refractivity contribution is 0.0752. The van der Waals surface area contributed by atoms with E-state index in [0.717, 1.165) is 12.2 Å². The molecule has 0 fully saturated rings. The maximum absolute atomic E-state index is 11.8. The number of hydrogen-bond donors (Lipinski definition) is 0. The van der Waals surface area contributed by atoms with Gasteiger partial charge in [0.1, 0.15) is 12.4 Å². The largest absolute Gasteiger partial charge is 0.497 e. The van der Waals surface area contributed by atoms with Crippen molar-refractivity contribution in [3.63, 3.8) is 0 Å². The van der Waals surface area contributed by atoms with Crippen LogP contribution < -0.4 is 4.74 Å². The molecule has 3 heteroatoms. The normalized spacial score (nSPS) is 10.4. The Morgan fingerprint density at radius 1 is 1.05 bits per heavy atom. The molecular weight excluding hydrogens is 240 g/mol. The maximum atomic E-state index is 11.8. The van der Waals surface area contributed by atoms with Gasteiger partial charge in [-0.1, -0.05) is 32.6 Å². The van der Waals surface area contributed by atoms with Crippen LogP contribution in [-0.4, -0.2) is 26.1 Å². The predicted octanol–water partition coefficient (Wildman–Crippen LogP) is 3.86. The summed E-state index contributed by atoms with van der Waals surface area (Å²) < 4.78 is 10.5. The molecule has 0 radical (unpaired) electrons. The summed E-state index contributed by atoms with van der Waals surface area (Å²) >= 11 is 0. The van der Waals surface area contributed by atoms with Gasteiger partial charge in [-0.15, -0.1) is 0 Å². The highest BCUT2D eigenvalue weighted by atomic mass is 16.5. The van der Waals surface area contributed by atoms with Gasteiger partial charge >= 0.3 is 0 Å². The summed E-state index contributed by atoms with van der Waals surface area (Å²) in [5, 5.41) is 0. The van der Waals surface area contributed by atoms with E-state index in [1.807, 2.05) is 0 Å². The van der Waals surface area contributed by atoms with Crippen molar-refractivity contribution in [2.75, 3.05) is 20.3 Å². The van der Waals surface area contributed by atoms with Gasteiger partial charge in [0, 0.05) is 12.2 Å². The van der Waals surface area contributed by atoms with Crippen molar-refractivity contribution in [1.29, 1.82) is 0 Å². The van der Waals surface area contributed by atoms with Gasteiger partial charge in [0.2, 0.25) is 0 Å². The summed E-state index contributed by atoms with van der Waals surface area (Å²) in [7, 11) is 1.61. The standard InChI is InChI=1S/C16H24O3/c1-3-4-5-6-7-12-19-13-16(17)14-8-10-15(18-2)11-9-14/h8-11H,3-7,12-13H2,1-2H3. The molecule has 0 amide bonds. The monoisotopic (exact) mass is 264 g/mol. The lowest BCUT2D eigenvalue weighted by Gasteiger charge is -2.05. The molecule has 1 rings (SSSR count). The van der Waals surface area contributed by atoms with Crippen LogP contribution >= 0.6 is 0 Å². The first-order valence-corrected chi connectivity index (χ1v) is 7.03. The Kier molecular flexibility index (Phi) is 7.91. The summed E-state index contributed by atoms with van der Waals surface area (Å²) in [5.74, 6) is 0.782. The van der Waals surface area contributed by atoms with Gasteiger partial charge in [-0.3, -0.25) is 4.79 Å². The third kappa shape index (κ3) is 6.39. The van der Waals surface area contributed by atoms with E-state index in [0.29, 0.717) is 12.2 Å². The van der Waals surface area contributed by atoms with Gasteiger partial charge < -0.3 is 9.47 Å². The van der Waals surface area contributed by atoms with Crippen molar-refractivity contribution in [2.45, 2.75) is 39.0 Å². The van der Waals surface area contributed by atoms with Crippen molar-refractivity contribution in [2.24, 2.45) is 0 Å². The van der Waals surface area contributed by atoms with Crippen LogP contribution in [0.4, 0.5) is 0 Å². The van der Waals surface area contributed by atoms with Gasteiger partial charge in [0.25, 0.3) is 0 Å². The molecule has 3 nitrogen and oxygen atoms in total. The number of rotatable bonds is 10. The molecule has 0 aliphatic heterocycles. The topological polar surface area (TPSA) is 35.5 Å². The van der Waals surface area contributed by atoms with E-state index >= 15 is 0 Å². The Morgan fingerprint density at radius 3 is 2.37 bits per heavy atom. The van der Waals surface area contributed by atoms with E-state index in [-0.39, 0.29) is 12.4 Å². The molecule has 0 heterocycles. The van der Waals surface area contributed by atoms with Crippen LogP contribution in [0.15, 0.2) is 24.3 Å². The Balaban J connectivity index is 2.16. The van der Waals surface area contributed by atoms with Gasteiger partial charge in [0.15, 0.2) is 5.78 Å². The van der Waals surface area contributed by atoms with Crippen LogP contribution in [0, 0.1) is 0 Å². The van der Waals surface area contributed by atoms with Crippen molar-refractivity contribution in [3.8, 4) is 5.75 Å². The Morgan fingerprint density at radius 2 is 1.74 bits per heavy atom.